The van der Waals surface area contributed by atoms with Gasteiger partial charge in [0.05, 0.1) is 15.7 Å². The van der Waals surface area contributed by atoms with Gasteiger partial charge in [-0.15, -0.1) is 0 Å². The zero-order valence-electron chi connectivity index (χ0n) is 10.3. The zero-order chi connectivity index (χ0) is 13.5. The first-order valence-electron chi connectivity index (χ1n) is 5.95. The molecule has 19 heavy (non-hydrogen) atoms. The Balaban J connectivity index is 1.73. The van der Waals surface area contributed by atoms with Crippen LogP contribution in [0.3, 0.4) is 0 Å². The molecule has 0 spiro atoms. The maximum atomic E-state index is 6.00. The lowest BCUT2D eigenvalue weighted by atomic mass is 10.3. The van der Waals surface area contributed by atoms with Gasteiger partial charge < -0.3 is 10.1 Å². The number of nitrogens with zero attached hydrogens (tertiary/aromatic N) is 1. The first-order chi connectivity index (χ1) is 9.27. The highest BCUT2D eigenvalue weighted by atomic mass is 35.5. The van der Waals surface area contributed by atoms with Crippen LogP contribution in [0.1, 0.15) is 5.69 Å². The minimum atomic E-state index is 0.496. The molecule has 0 saturated carbocycles. The maximum absolute atomic E-state index is 6.00. The normalized spacial score (nSPS) is 10.4. The highest BCUT2D eigenvalue weighted by molar-refractivity contribution is 6.37. The van der Waals surface area contributed by atoms with E-state index in [2.05, 4.69) is 10.3 Å². The molecule has 0 bridgehead atoms. The van der Waals surface area contributed by atoms with E-state index in [1.807, 2.05) is 18.2 Å². The van der Waals surface area contributed by atoms with E-state index in [4.69, 9.17) is 27.9 Å². The number of aromatic nitrogens is 1. The number of nitrogens with one attached hydrogen (secondary N) is 1. The van der Waals surface area contributed by atoms with E-state index in [9.17, 15) is 0 Å². The number of halogens is 2. The highest BCUT2D eigenvalue weighted by Crippen LogP contribution is 2.32. The quantitative estimate of drug-likeness (QED) is 0.828. The summed E-state index contributed by atoms with van der Waals surface area (Å²) in [5.74, 6) is 0.533. The maximum Gasteiger partial charge on any atom is 0.156 e. The van der Waals surface area contributed by atoms with Crippen LogP contribution in [0.5, 0.6) is 5.75 Å². The van der Waals surface area contributed by atoms with E-state index >= 15 is 0 Å². The van der Waals surface area contributed by atoms with Gasteiger partial charge in [-0.05, 0) is 24.3 Å². The fraction of sp³-hybridized carbons (Fsp3) is 0.214. The van der Waals surface area contributed by atoms with Crippen molar-refractivity contribution in [3.63, 3.8) is 0 Å². The Kier molecular flexibility index (Phi) is 5.45. The second-order valence-corrected chi connectivity index (χ2v) is 4.71. The number of rotatable bonds is 6. The Labute approximate surface area is 122 Å². The minimum absolute atomic E-state index is 0.496. The fourth-order valence-corrected chi connectivity index (χ4v) is 2.07. The lowest BCUT2D eigenvalue weighted by molar-refractivity contribution is 0.314. The number of ether oxygens (including phenoxy) is 1. The molecule has 0 aliphatic rings. The Bertz CT molecular complexity index is 500. The van der Waals surface area contributed by atoms with E-state index in [-0.39, 0.29) is 0 Å². The lowest BCUT2D eigenvalue weighted by Crippen LogP contribution is -2.21. The smallest absolute Gasteiger partial charge is 0.156 e. The molecule has 2 rings (SSSR count). The van der Waals surface area contributed by atoms with Crippen molar-refractivity contribution in [1.82, 2.24) is 10.3 Å². The summed E-state index contributed by atoms with van der Waals surface area (Å²) in [7, 11) is 0. The predicted molar refractivity (Wildman–Crippen MR) is 77.9 cm³/mol. The standard InChI is InChI=1S/C14H14Cl2N2O/c15-12-5-3-6-13(16)14(12)19-9-8-17-10-11-4-1-2-7-18-11/h1-7,17H,8-10H2. The minimum Gasteiger partial charge on any atom is -0.489 e. The van der Waals surface area contributed by atoms with Gasteiger partial charge in [-0.3, -0.25) is 4.98 Å². The van der Waals surface area contributed by atoms with Crippen molar-refractivity contribution in [2.45, 2.75) is 6.54 Å². The molecule has 100 valence electrons. The van der Waals surface area contributed by atoms with Gasteiger partial charge in [-0.2, -0.15) is 0 Å². The topological polar surface area (TPSA) is 34.1 Å². The second kappa shape index (κ2) is 7.34. The number of hydrogen-bond acceptors (Lipinski definition) is 3. The van der Waals surface area contributed by atoms with Gasteiger partial charge in [-0.25, -0.2) is 0 Å². The molecule has 5 heteroatoms. The van der Waals surface area contributed by atoms with Crippen molar-refractivity contribution < 1.29 is 4.74 Å². The van der Waals surface area contributed by atoms with Crippen LogP contribution in [0.4, 0.5) is 0 Å². The van der Waals surface area contributed by atoms with Crippen LogP contribution in [0.25, 0.3) is 0 Å². The molecule has 0 radical (unpaired) electrons. The molecular weight excluding hydrogens is 283 g/mol. The Morgan fingerprint density at radius 2 is 1.84 bits per heavy atom. The van der Waals surface area contributed by atoms with E-state index in [1.165, 1.54) is 0 Å². The fourth-order valence-electron chi connectivity index (χ4n) is 1.56. The third kappa shape index (κ3) is 4.39. The van der Waals surface area contributed by atoms with Crippen LogP contribution in [0.15, 0.2) is 42.6 Å². The molecule has 0 fully saturated rings. The van der Waals surface area contributed by atoms with Crippen LogP contribution in [0, 0.1) is 0 Å². The van der Waals surface area contributed by atoms with Crippen molar-refractivity contribution in [2.24, 2.45) is 0 Å². The lowest BCUT2D eigenvalue weighted by Gasteiger charge is -2.10. The van der Waals surface area contributed by atoms with Gasteiger partial charge in [0.25, 0.3) is 0 Å². The molecular formula is C14H14Cl2N2O. The molecule has 3 nitrogen and oxygen atoms in total. The van der Waals surface area contributed by atoms with Gasteiger partial charge >= 0.3 is 0 Å². The van der Waals surface area contributed by atoms with Gasteiger partial charge in [0, 0.05) is 19.3 Å². The van der Waals surface area contributed by atoms with Crippen molar-refractivity contribution in [3.05, 3.63) is 58.3 Å². The predicted octanol–water partition coefficient (Wildman–Crippen LogP) is 3.56. The highest BCUT2D eigenvalue weighted by Gasteiger charge is 2.05. The molecule has 0 aliphatic heterocycles. The van der Waals surface area contributed by atoms with E-state index < -0.39 is 0 Å². The number of hydrogen-bond donors (Lipinski definition) is 1. The monoisotopic (exact) mass is 296 g/mol. The van der Waals surface area contributed by atoms with Gasteiger partial charge in [-0.1, -0.05) is 35.3 Å². The molecule has 0 aliphatic carbocycles. The average molecular weight is 297 g/mol. The van der Waals surface area contributed by atoms with Gasteiger partial charge in [0.2, 0.25) is 0 Å². The summed E-state index contributed by atoms with van der Waals surface area (Å²) in [6.45, 7) is 1.90. The zero-order valence-corrected chi connectivity index (χ0v) is 11.8. The molecule has 1 heterocycles. The molecule has 0 saturated heterocycles. The van der Waals surface area contributed by atoms with Gasteiger partial charge in [0.1, 0.15) is 6.61 Å². The molecule has 1 aromatic carbocycles. The van der Waals surface area contributed by atoms with Crippen LogP contribution in [0.2, 0.25) is 10.0 Å². The van der Waals surface area contributed by atoms with E-state index in [0.717, 1.165) is 5.69 Å². The molecule has 0 unspecified atom stereocenters. The summed E-state index contributed by atoms with van der Waals surface area (Å²) in [5, 5.41) is 4.29. The number of benzene rings is 1. The summed E-state index contributed by atoms with van der Waals surface area (Å²) < 4.78 is 5.56. The van der Waals surface area contributed by atoms with E-state index in [1.54, 1.807) is 24.4 Å². The molecule has 0 amide bonds. The van der Waals surface area contributed by atoms with Crippen LogP contribution in [-0.2, 0) is 6.54 Å². The Morgan fingerprint density at radius 1 is 1.05 bits per heavy atom. The summed E-state index contributed by atoms with van der Waals surface area (Å²) in [6.07, 6.45) is 1.77. The summed E-state index contributed by atoms with van der Waals surface area (Å²) in [6, 6.07) is 11.1. The number of pyridine rings is 1. The van der Waals surface area contributed by atoms with Crippen molar-refractivity contribution in [1.29, 1.82) is 0 Å². The Morgan fingerprint density at radius 3 is 2.53 bits per heavy atom. The van der Waals surface area contributed by atoms with Crippen LogP contribution in [-0.4, -0.2) is 18.1 Å². The van der Waals surface area contributed by atoms with Crippen LogP contribution >= 0.6 is 23.2 Å². The second-order valence-electron chi connectivity index (χ2n) is 3.90. The molecule has 2 aromatic rings. The van der Waals surface area contributed by atoms with Crippen molar-refractivity contribution in [3.8, 4) is 5.75 Å². The average Bonchev–Trinajstić information content (AvgIpc) is 2.42. The largest absolute Gasteiger partial charge is 0.489 e. The van der Waals surface area contributed by atoms with Crippen molar-refractivity contribution >= 4 is 23.2 Å². The summed E-state index contributed by atoms with van der Waals surface area (Å²) >= 11 is 12.0. The first kappa shape index (κ1) is 14.1. The Hall–Kier alpha value is -1.29. The molecule has 1 aromatic heterocycles. The molecule has 0 atom stereocenters. The SMILES string of the molecule is Clc1cccc(Cl)c1OCCNCc1ccccn1. The third-order valence-corrected chi connectivity index (χ3v) is 3.07. The van der Waals surface area contributed by atoms with Gasteiger partial charge in [0.15, 0.2) is 5.75 Å². The van der Waals surface area contributed by atoms with Crippen LogP contribution < -0.4 is 10.1 Å². The summed E-state index contributed by atoms with van der Waals surface area (Å²) in [4.78, 5) is 4.22. The summed E-state index contributed by atoms with van der Waals surface area (Å²) in [5.41, 5.74) is 0.998. The number of para-hydroxylation sites is 1. The first-order valence-corrected chi connectivity index (χ1v) is 6.70. The van der Waals surface area contributed by atoms with Crippen molar-refractivity contribution in [2.75, 3.05) is 13.2 Å². The van der Waals surface area contributed by atoms with E-state index in [0.29, 0.717) is 35.5 Å². The third-order valence-electron chi connectivity index (χ3n) is 2.48. The molecule has 1 N–H and O–H groups in total.